The second-order valence-electron chi connectivity index (χ2n) is 10.6. The van der Waals surface area contributed by atoms with Crippen LogP contribution < -0.4 is 0 Å². The summed E-state index contributed by atoms with van der Waals surface area (Å²) in [5, 5.41) is 3.60. The van der Waals surface area contributed by atoms with Crippen LogP contribution in [0, 0.1) is 0 Å². The first kappa shape index (κ1) is 24.2. The van der Waals surface area contributed by atoms with Crippen molar-refractivity contribution in [1.82, 2.24) is 9.13 Å². The van der Waals surface area contributed by atoms with E-state index >= 15 is 0 Å². The summed E-state index contributed by atoms with van der Waals surface area (Å²) in [6, 6.07) is 51.8. The maximum absolute atomic E-state index is 13.1. The molecule has 8 rings (SSSR count). The Bertz CT molecular complexity index is 2220. The van der Waals surface area contributed by atoms with E-state index in [1.807, 2.05) is 48.5 Å². The van der Waals surface area contributed by atoms with Crippen LogP contribution >= 0.6 is 0 Å². The van der Waals surface area contributed by atoms with Crippen molar-refractivity contribution >= 4 is 38.5 Å². The molecule has 0 radical (unpaired) electrons. The van der Waals surface area contributed by atoms with Gasteiger partial charge in [0.25, 0.3) is 0 Å². The molecule has 0 aliphatic carbocycles. The standard InChI is InChI=1S/C39H26N2O/c42-39(29-11-5-2-6-12-29)30-17-21-32(22-18-30)41-37-14-8-7-13-33(37)34-23-24-36-35(38(34)41)25-26-40(36)31-19-15-28(16-20-31)27-9-3-1-4-10-27/h1-26H. The van der Waals surface area contributed by atoms with Gasteiger partial charge in [-0.15, -0.1) is 0 Å². The first-order valence-corrected chi connectivity index (χ1v) is 14.2. The third-order valence-corrected chi connectivity index (χ3v) is 8.18. The lowest BCUT2D eigenvalue weighted by molar-refractivity contribution is 0.103. The van der Waals surface area contributed by atoms with Crippen LogP contribution in [-0.4, -0.2) is 14.9 Å². The number of benzene rings is 6. The molecular formula is C39H26N2O. The molecule has 0 unspecified atom stereocenters. The van der Waals surface area contributed by atoms with Gasteiger partial charge in [0.2, 0.25) is 0 Å². The molecule has 198 valence electrons. The largest absolute Gasteiger partial charge is 0.316 e. The Balaban J connectivity index is 1.27. The van der Waals surface area contributed by atoms with Gasteiger partial charge >= 0.3 is 0 Å². The van der Waals surface area contributed by atoms with Crippen molar-refractivity contribution < 1.29 is 4.79 Å². The highest BCUT2D eigenvalue weighted by atomic mass is 16.1. The summed E-state index contributed by atoms with van der Waals surface area (Å²) in [5.74, 6) is 0.0297. The average Bonchev–Trinajstić information content (AvgIpc) is 3.65. The molecular weight excluding hydrogens is 512 g/mol. The van der Waals surface area contributed by atoms with Crippen molar-refractivity contribution in [2.45, 2.75) is 0 Å². The fourth-order valence-electron chi connectivity index (χ4n) is 6.13. The predicted molar refractivity (Wildman–Crippen MR) is 173 cm³/mol. The monoisotopic (exact) mass is 538 g/mol. The maximum atomic E-state index is 13.1. The number of hydrogen-bond acceptors (Lipinski definition) is 1. The molecule has 0 amide bonds. The second kappa shape index (κ2) is 9.76. The van der Waals surface area contributed by atoms with Gasteiger partial charge in [0.15, 0.2) is 5.78 Å². The Morgan fingerprint density at radius 2 is 1.05 bits per heavy atom. The predicted octanol–water partition coefficient (Wildman–Crippen LogP) is 9.63. The number of ketones is 1. The lowest BCUT2D eigenvalue weighted by Gasteiger charge is -2.11. The first-order valence-electron chi connectivity index (χ1n) is 14.2. The smallest absolute Gasteiger partial charge is 0.193 e. The summed E-state index contributed by atoms with van der Waals surface area (Å²) in [6.07, 6.45) is 2.16. The lowest BCUT2D eigenvalue weighted by Crippen LogP contribution is -2.02. The Hall–Kier alpha value is -5.67. The van der Waals surface area contributed by atoms with Crippen molar-refractivity contribution in [2.75, 3.05) is 0 Å². The second-order valence-corrected chi connectivity index (χ2v) is 10.6. The van der Waals surface area contributed by atoms with Crippen molar-refractivity contribution in [3.63, 3.8) is 0 Å². The van der Waals surface area contributed by atoms with Gasteiger partial charge in [-0.1, -0.05) is 97.1 Å². The molecule has 0 bridgehead atoms. The van der Waals surface area contributed by atoms with Gasteiger partial charge in [0, 0.05) is 44.9 Å². The quantitative estimate of drug-likeness (QED) is 0.200. The van der Waals surface area contributed by atoms with Crippen LogP contribution in [0.1, 0.15) is 15.9 Å². The van der Waals surface area contributed by atoms with E-state index in [1.165, 1.54) is 27.3 Å². The Kier molecular flexibility index (Phi) is 5.61. The number of rotatable bonds is 5. The zero-order valence-corrected chi connectivity index (χ0v) is 22.8. The van der Waals surface area contributed by atoms with Crippen LogP contribution in [0.5, 0.6) is 0 Å². The minimum atomic E-state index is 0.0297. The molecule has 0 spiro atoms. The normalized spacial score (nSPS) is 11.4. The maximum Gasteiger partial charge on any atom is 0.193 e. The van der Waals surface area contributed by atoms with E-state index in [-0.39, 0.29) is 5.78 Å². The third-order valence-electron chi connectivity index (χ3n) is 8.18. The molecule has 0 saturated carbocycles. The lowest BCUT2D eigenvalue weighted by atomic mass is 10.0. The Labute approximate surface area is 243 Å². The van der Waals surface area contributed by atoms with E-state index in [1.54, 1.807) is 0 Å². The Morgan fingerprint density at radius 3 is 1.81 bits per heavy atom. The molecule has 3 nitrogen and oxygen atoms in total. The number of carbonyl (C=O) groups is 1. The van der Waals surface area contributed by atoms with E-state index in [9.17, 15) is 4.79 Å². The molecule has 8 aromatic rings. The topological polar surface area (TPSA) is 26.9 Å². The van der Waals surface area contributed by atoms with E-state index in [2.05, 4.69) is 118 Å². The molecule has 2 aromatic heterocycles. The summed E-state index contributed by atoms with van der Waals surface area (Å²) in [4.78, 5) is 13.1. The van der Waals surface area contributed by atoms with E-state index in [0.29, 0.717) is 11.1 Å². The fraction of sp³-hybridized carbons (Fsp3) is 0. The van der Waals surface area contributed by atoms with Gasteiger partial charge in [0.05, 0.1) is 16.6 Å². The van der Waals surface area contributed by atoms with Crippen LogP contribution in [0.15, 0.2) is 158 Å². The van der Waals surface area contributed by atoms with Crippen molar-refractivity contribution in [1.29, 1.82) is 0 Å². The van der Waals surface area contributed by atoms with Crippen molar-refractivity contribution in [3.8, 4) is 22.5 Å². The SMILES string of the molecule is O=C(c1ccccc1)c1ccc(-n2c3ccccc3c3ccc4c(ccn4-c4ccc(-c5ccccc5)cc4)c32)cc1. The average molecular weight is 539 g/mol. The summed E-state index contributed by atoms with van der Waals surface area (Å²) >= 11 is 0. The zero-order chi connectivity index (χ0) is 28.0. The minimum Gasteiger partial charge on any atom is -0.316 e. The Morgan fingerprint density at radius 1 is 0.429 bits per heavy atom. The van der Waals surface area contributed by atoms with Crippen LogP contribution in [0.3, 0.4) is 0 Å². The molecule has 2 heterocycles. The van der Waals surface area contributed by atoms with Crippen LogP contribution in [0.25, 0.3) is 55.2 Å². The number of nitrogens with zero attached hydrogens (tertiary/aromatic N) is 2. The van der Waals surface area contributed by atoms with Crippen molar-refractivity contribution in [2.24, 2.45) is 0 Å². The van der Waals surface area contributed by atoms with E-state index in [4.69, 9.17) is 0 Å². The number of hydrogen-bond donors (Lipinski definition) is 0. The van der Waals surface area contributed by atoms with Gasteiger partial charge in [0.1, 0.15) is 0 Å². The molecule has 3 heteroatoms. The summed E-state index contributed by atoms with van der Waals surface area (Å²) in [6.45, 7) is 0. The van der Waals surface area contributed by atoms with Crippen molar-refractivity contribution in [3.05, 3.63) is 169 Å². The van der Waals surface area contributed by atoms with Crippen LogP contribution in [0.2, 0.25) is 0 Å². The summed E-state index contributed by atoms with van der Waals surface area (Å²) < 4.78 is 4.58. The highest BCUT2D eigenvalue weighted by molar-refractivity contribution is 6.18. The molecule has 0 N–H and O–H groups in total. The number of para-hydroxylation sites is 1. The van der Waals surface area contributed by atoms with Gasteiger partial charge in [-0.05, 0) is 65.7 Å². The molecule has 0 aliphatic heterocycles. The number of fused-ring (bicyclic) bond motifs is 5. The molecule has 0 fully saturated rings. The molecule has 0 aliphatic rings. The van der Waals surface area contributed by atoms with Gasteiger partial charge < -0.3 is 9.13 Å². The summed E-state index contributed by atoms with van der Waals surface area (Å²) in [5.41, 5.74) is 9.39. The highest BCUT2D eigenvalue weighted by Crippen LogP contribution is 2.37. The van der Waals surface area contributed by atoms with Gasteiger partial charge in [-0.3, -0.25) is 4.79 Å². The van der Waals surface area contributed by atoms with Gasteiger partial charge in [-0.2, -0.15) is 0 Å². The summed E-state index contributed by atoms with van der Waals surface area (Å²) in [7, 11) is 0. The molecule has 6 aromatic carbocycles. The first-order chi connectivity index (χ1) is 20.8. The van der Waals surface area contributed by atoms with E-state index < -0.39 is 0 Å². The van der Waals surface area contributed by atoms with Gasteiger partial charge in [-0.25, -0.2) is 0 Å². The number of aromatic nitrogens is 2. The zero-order valence-electron chi connectivity index (χ0n) is 22.8. The highest BCUT2D eigenvalue weighted by Gasteiger charge is 2.17. The molecule has 42 heavy (non-hydrogen) atoms. The minimum absolute atomic E-state index is 0.0297. The third kappa shape index (κ3) is 3.87. The number of carbonyl (C=O) groups excluding carboxylic acids is 1. The van der Waals surface area contributed by atoms with Crippen LogP contribution in [-0.2, 0) is 0 Å². The van der Waals surface area contributed by atoms with E-state index in [0.717, 1.165) is 27.9 Å². The fourth-order valence-corrected chi connectivity index (χ4v) is 6.13. The van der Waals surface area contributed by atoms with Crippen LogP contribution in [0.4, 0.5) is 0 Å². The molecule has 0 saturated heterocycles. The molecule has 0 atom stereocenters.